The van der Waals surface area contributed by atoms with Gasteiger partial charge in [-0.15, -0.1) is 0 Å². The zero-order valence-corrected chi connectivity index (χ0v) is 17.6. The first-order valence-electron chi connectivity index (χ1n) is 9.79. The summed E-state index contributed by atoms with van der Waals surface area (Å²) in [5.41, 5.74) is 1.40. The van der Waals surface area contributed by atoms with Gasteiger partial charge in [0.25, 0.3) is 0 Å². The Bertz CT molecular complexity index is 1000. The molecule has 2 aromatic carbocycles. The van der Waals surface area contributed by atoms with Gasteiger partial charge in [-0.05, 0) is 51.5 Å². The predicted octanol–water partition coefficient (Wildman–Crippen LogP) is 4.73. The monoisotopic (exact) mass is 405 g/mol. The zero-order valence-electron chi connectivity index (χ0n) is 17.6. The first-order valence-corrected chi connectivity index (χ1v) is 9.79. The molecule has 156 valence electrons. The average Bonchev–Trinajstić information content (AvgIpc) is 2.70. The summed E-state index contributed by atoms with van der Waals surface area (Å²) in [5, 5.41) is 16.2. The molecule has 0 aliphatic heterocycles. The standard InChI is InChI=1S/C23H27N5O2/c1-16-10-8-9-13-19(16)26-22(29)28(18-11-6-5-7-12-18)20-14-15-24-21(27-20)25-17(2)23(3,4)30/h5-15,17,30H,1-4H3,(H,26,29)(H,24,25,27). The third kappa shape index (κ3) is 5.12. The number of aryl methyl sites for hydroxylation is 1. The molecule has 3 aromatic rings. The third-order valence-electron chi connectivity index (χ3n) is 4.88. The molecular weight excluding hydrogens is 378 g/mol. The number of hydrogen-bond donors (Lipinski definition) is 3. The van der Waals surface area contributed by atoms with Crippen LogP contribution < -0.4 is 15.5 Å². The van der Waals surface area contributed by atoms with Gasteiger partial charge in [0.2, 0.25) is 5.95 Å². The number of aliphatic hydroxyl groups is 1. The van der Waals surface area contributed by atoms with Crippen LogP contribution in [0.2, 0.25) is 0 Å². The molecule has 0 saturated carbocycles. The lowest BCUT2D eigenvalue weighted by Gasteiger charge is -2.27. The van der Waals surface area contributed by atoms with Crippen LogP contribution in [-0.2, 0) is 0 Å². The molecule has 0 aliphatic carbocycles. The van der Waals surface area contributed by atoms with Crippen LogP contribution in [0.4, 0.5) is 27.9 Å². The van der Waals surface area contributed by atoms with E-state index in [9.17, 15) is 9.90 Å². The summed E-state index contributed by atoms with van der Waals surface area (Å²) in [6, 6.07) is 17.9. The fourth-order valence-corrected chi connectivity index (χ4v) is 2.73. The Balaban J connectivity index is 1.95. The number of para-hydroxylation sites is 2. The van der Waals surface area contributed by atoms with Crippen LogP contribution in [-0.4, -0.2) is 32.7 Å². The predicted molar refractivity (Wildman–Crippen MR) is 120 cm³/mol. The quantitative estimate of drug-likeness (QED) is 0.552. The number of amides is 2. The van der Waals surface area contributed by atoms with E-state index in [1.54, 1.807) is 26.1 Å². The normalized spacial score (nSPS) is 12.2. The maximum Gasteiger partial charge on any atom is 0.332 e. The van der Waals surface area contributed by atoms with E-state index in [2.05, 4.69) is 20.6 Å². The fourth-order valence-electron chi connectivity index (χ4n) is 2.73. The summed E-state index contributed by atoms with van der Waals surface area (Å²) in [6.45, 7) is 7.20. The van der Waals surface area contributed by atoms with E-state index >= 15 is 0 Å². The largest absolute Gasteiger partial charge is 0.388 e. The molecule has 7 nitrogen and oxygen atoms in total. The minimum absolute atomic E-state index is 0.293. The second-order valence-electron chi connectivity index (χ2n) is 7.67. The van der Waals surface area contributed by atoms with Crippen molar-refractivity contribution in [3.8, 4) is 0 Å². The first kappa shape index (κ1) is 21.3. The van der Waals surface area contributed by atoms with Gasteiger partial charge < -0.3 is 15.7 Å². The molecule has 0 fully saturated rings. The summed E-state index contributed by atoms with van der Waals surface area (Å²) in [6.07, 6.45) is 1.58. The van der Waals surface area contributed by atoms with E-state index < -0.39 is 5.60 Å². The van der Waals surface area contributed by atoms with E-state index in [-0.39, 0.29) is 12.1 Å². The average molecular weight is 406 g/mol. The Labute approximate surface area is 176 Å². The maximum absolute atomic E-state index is 13.3. The molecule has 0 aliphatic rings. The van der Waals surface area contributed by atoms with E-state index in [0.29, 0.717) is 17.5 Å². The lowest BCUT2D eigenvalue weighted by atomic mass is 10.0. The van der Waals surface area contributed by atoms with Crippen molar-refractivity contribution >= 4 is 29.2 Å². The summed E-state index contributed by atoms with van der Waals surface area (Å²) in [5.74, 6) is 0.736. The van der Waals surface area contributed by atoms with Crippen molar-refractivity contribution in [1.82, 2.24) is 9.97 Å². The Morgan fingerprint density at radius 3 is 2.40 bits per heavy atom. The summed E-state index contributed by atoms with van der Waals surface area (Å²) < 4.78 is 0. The van der Waals surface area contributed by atoms with Gasteiger partial charge in [-0.3, -0.25) is 0 Å². The SMILES string of the molecule is Cc1ccccc1NC(=O)N(c1ccccc1)c1ccnc(NC(C)C(C)(C)O)n1. The number of nitrogens with zero attached hydrogens (tertiary/aromatic N) is 3. The van der Waals surface area contributed by atoms with E-state index in [0.717, 1.165) is 11.3 Å². The topological polar surface area (TPSA) is 90.4 Å². The van der Waals surface area contributed by atoms with Gasteiger partial charge in [-0.2, -0.15) is 4.98 Å². The van der Waals surface area contributed by atoms with Crippen molar-refractivity contribution in [3.05, 3.63) is 72.4 Å². The first-order chi connectivity index (χ1) is 14.3. The number of hydrogen-bond acceptors (Lipinski definition) is 5. The number of aromatic nitrogens is 2. The van der Waals surface area contributed by atoms with Crippen molar-refractivity contribution in [3.63, 3.8) is 0 Å². The van der Waals surface area contributed by atoms with Crippen molar-refractivity contribution in [2.24, 2.45) is 0 Å². The van der Waals surface area contributed by atoms with E-state index in [1.165, 1.54) is 4.90 Å². The van der Waals surface area contributed by atoms with Gasteiger partial charge in [-0.25, -0.2) is 14.7 Å². The number of nitrogens with one attached hydrogen (secondary N) is 2. The molecule has 3 rings (SSSR count). The number of urea groups is 1. The maximum atomic E-state index is 13.3. The number of rotatable bonds is 6. The van der Waals surface area contributed by atoms with Crippen LogP contribution in [0, 0.1) is 6.92 Å². The van der Waals surface area contributed by atoms with Crippen LogP contribution in [0.5, 0.6) is 0 Å². The molecule has 1 aromatic heterocycles. The molecule has 7 heteroatoms. The Morgan fingerprint density at radius 2 is 1.73 bits per heavy atom. The van der Waals surface area contributed by atoms with E-state index in [4.69, 9.17) is 0 Å². The highest BCUT2D eigenvalue weighted by Gasteiger charge is 2.24. The van der Waals surface area contributed by atoms with Gasteiger partial charge in [0.15, 0.2) is 0 Å². The van der Waals surface area contributed by atoms with Gasteiger partial charge in [0.1, 0.15) is 5.82 Å². The van der Waals surface area contributed by atoms with Crippen molar-refractivity contribution < 1.29 is 9.90 Å². The highest BCUT2D eigenvalue weighted by molar-refractivity contribution is 6.06. The number of benzene rings is 2. The van der Waals surface area contributed by atoms with Crippen LogP contribution in [0.3, 0.4) is 0 Å². The summed E-state index contributed by atoms with van der Waals surface area (Å²) >= 11 is 0. The second kappa shape index (κ2) is 8.92. The van der Waals surface area contributed by atoms with Crippen molar-refractivity contribution in [1.29, 1.82) is 0 Å². The van der Waals surface area contributed by atoms with Crippen LogP contribution in [0.15, 0.2) is 66.9 Å². The second-order valence-corrected chi connectivity index (χ2v) is 7.67. The van der Waals surface area contributed by atoms with E-state index in [1.807, 2.05) is 68.4 Å². The molecule has 2 amide bonds. The highest BCUT2D eigenvalue weighted by Crippen LogP contribution is 2.26. The molecule has 1 heterocycles. The van der Waals surface area contributed by atoms with Crippen LogP contribution >= 0.6 is 0 Å². The third-order valence-corrected chi connectivity index (χ3v) is 4.88. The molecule has 1 unspecified atom stereocenters. The Hall–Kier alpha value is -3.45. The van der Waals surface area contributed by atoms with Gasteiger partial charge >= 0.3 is 6.03 Å². The van der Waals surface area contributed by atoms with Gasteiger partial charge in [0.05, 0.1) is 17.3 Å². The molecule has 0 bridgehead atoms. The molecule has 30 heavy (non-hydrogen) atoms. The fraction of sp³-hybridized carbons (Fsp3) is 0.261. The van der Waals surface area contributed by atoms with Gasteiger partial charge in [0, 0.05) is 18.0 Å². The smallest absolute Gasteiger partial charge is 0.332 e. The lowest BCUT2D eigenvalue weighted by molar-refractivity contribution is 0.0646. The Kier molecular flexibility index (Phi) is 6.32. The minimum Gasteiger partial charge on any atom is -0.388 e. The van der Waals surface area contributed by atoms with Crippen LogP contribution in [0.25, 0.3) is 0 Å². The van der Waals surface area contributed by atoms with Crippen molar-refractivity contribution in [2.45, 2.75) is 39.3 Å². The molecule has 0 saturated heterocycles. The molecule has 0 spiro atoms. The van der Waals surface area contributed by atoms with Crippen molar-refractivity contribution in [2.75, 3.05) is 15.5 Å². The molecule has 3 N–H and O–H groups in total. The Morgan fingerprint density at radius 1 is 1.07 bits per heavy atom. The molecule has 1 atom stereocenters. The van der Waals surface area contributed by atoms with Gasteiger partial charge in [-0.1, -0.05) is 36.4 Å². The number of carbonyl (C=O) groups is 1. The summed E-state index contributed by atoms with van der Waals surface area (Å²) in [7, 11) is 0. The van der Waals surface area contributed by atoms with Crippen LogP contribution in [0.1, 0.15) is 26.3 Å². The number of carbonyl (C=O) groups excluding carboxylic acids is 1. The molecule has 0 radical (unpaired) electrons. The minimum atomic E-state index is -0.958. The highest BCUT2D eigenvalue weighted by atomic mass is 16.3. The molecular formula is C23H27N5O2. The zero-order chi connectivity index (χ0) is 21.7. The number of anilines is 4. The summed E-state index contributed by atoms with van der Waals surface area (Å²) in [4.78, 5) is 23.5. The lowest BCUT2D eigenvalue weighted by Crippen LogP contribution is -2.40.